The van der Waals surface area contributed by atoms with Crippen molar-refractivity contribution in [3.05, 3.63) is 28.5 Å². The monoisotopic (exact) mass is 370 g/mol. The van der Waals surface area contributed by atoms with Crippen LogP contribution in [0.2, 0.25) is 5.02 Å². The molecule has 0 bridgehead atoms. The van der Waals surface area contributed by atoms with Gasteiger partial charge in [-0.05, 0) is 56.5 Å². The van der Waals surface area contributed by atoms with Gasteiger partial charge in [0.1, 0.15) is 0 Å². The summed E-state index contributed by atoms with van der Waals surface area (Å²) in [4.78, 5) is 4.95. The molecule has 1 unspecified atom stereocenters. The second-order valence-corrected chi connectivity index (χ2v) is 7.50. The first-order chi connectivity index (χ1) is 12.1. The first kappa shape index (κ1) is 18.9. The van der Waals surface area contributed by atoms with E-state index >= 15 is 0 Å². The summed E-state index contributed by atoms with van der Waals surface area (Å²) < 4.78 is 24.4. The first-order valence-electron chi connectivity index (χ1n) is 9.14. The maximum Gasteiger partial charge on any atom is 0.173 e. The predicted molar refractivity (Wildman–Crippen MR) is 97.8 cm³/mol. The van der Waals surface area contributed by atoms with Crippen LogP contribution in [0, 0.1) is 11.7 Å². The maximum absolute atomic E-state index is 14.0. The molecule has 2 fully saturated rings. The normalized spacial score (nSPS) is 22.1. The number of halogens is 2. The number of rotatable bonds is 5. The topological polar surface area (TPSA) is 24.9 Å². The van der Waals surface area contributed by atoms with E-state index in [0.29, 0.717) is 11.1 Å². The molecule has 6 heteroatoms. The van der Waals surface area contributed by atoms with E-state index in [-0.39, 0.29) is 11.6 Å². The quantitative estimate of drug-likeness (QED) is 0.792. The molecule has 3 rings (SSSR count). The second-order valence-electron chi connectivity index (χ2n) is 7.10. The van der Waals surface area contributed by atoms with Crippen LogP contribution in [0.4, 0.5) is 4.39 Å². The lowest BCUT2D eigenvalue weighted by Gasteiger charge is -2.41. The molecule has 0 radical (unpaired) electrons. The molecule has 25 heavy (non-hydrogen) atoms. The van der Waals surface area contributed by atoms with Crippen LogP contribution in [0.25, 0.3) is 0 Å². The largest absolute Gasteiger partial charge is 0.492 e. The van der Waals surface area contributed by atoms with Crippen molar-refractivity contribution in [3.63, 3.8) is 0 Å². The molecule has 0 spiro atoms. The number of nitrogens with zero attached hydrogens (tertiary/aromatic N) is 2. The van der Waals surface area contributed by atoms with Gasteiger partial charge in [-0.25, -0.2) is 4.39 Å². The molecule has 4 nitrogen and oxygen atoms in total. The molecule has 1 aromatic rings. The zero-order valence-corrected chi connectivity index (χ0v) is 15.9. The summed E-state index contributed by atoms with van der Waals surface area (Å²) in [6.45, 7) is 8.98. The summed E-state index contributed by atoms with van der Waals surface area (Å²) in [5, 5.41) is 0.341. The molecule has 1 atom stereocenters. The number of ether oxygens (including phenoxy) is 2. The van der Waals surface area contributed by atoms with Gasteiger partial charge in [0.15, 0.2) is 11.6 Å². The van der Waals surface area contributed by atoms with Crippen LogP contribution in [-0.4, -0.2) is 62.3 Å². The van der Waals surface area contributed by atoms with Crippen LogP contribution >= 0.6 is 11.6 Å². The third kappa shape index (κ3) is 4.64. The third-order valence-corrected chi connectivity index (χ3v) is 5.89. The fraction of sp³-hybridized carbons (Fsp3) is 0.684. The smallest absolute Gasteiger partial charge is 0.173 e. The molecule has 0 N–H and O–H groups in total. The van der Waals surface area contributed by atoms with Crippen molar-refractivity contribution < 1.29 is 13.9 Å². The van der Waals surface area contributed by atoms with Crippen LogP contribution in [0.1, 0.15) is 25.3 Å². The van der Waals surface area contributed by atoms with Gasteiger partial charge >= 0.3 is 0 Å². The van der Waals surface area contributed by atoms with Crippen molar-refractivity contribution in [1.82, 2.24) is 9.80 Å². The molecule has 2 heterocycles. The number of hydrogen-bond acceptors (Lipinski definition) is 4. The van der Waals surface area contributed by atoms with Gasteiger partial charge in [0.25, 0.3) is 0 Å². The minimum absolute atomic E-state index is 0.128. The van der Waals surface area contributed by atoms with Gasteiger partial charge in [0.05, 0.1) is 25.3 Å². The van der Waals surface area contributed by atoms with Gasteiger partial charge in [-0.1, -0.05) is 11.6 Å². The van der Waals surface area contributed by atoms with Crippen molar-refractivity contribution in [2.24, 2.45) is 5.92 Å². The third-order valence-electron chi connectivity index (χ3n) is 5.60. The van der Waals surface area contributed by atoms with Crippen LogP contribution in [-0.2, 0) is 11.3 Å². The molecule has 2 aliphatic rings. The van der Waals surface area contributed by atoms with Gasteiger partial charge in [-0.15, -0.1) is 0 Å². The molecular formula is C19H28ClFN2O2. The number of hydrogen-bond donors (Lipinski definition) is 0. The van der Waals surface area contributed by atoms with E-state index in [0.717, 1.165) is 57.4 Å². The minimum atomic E-state index is -0.388. The molecule has 0 aromatic heterocycles. The van der Waals surface area contributed by atoms with Crippen molar-refractivity contribution in [2.45, 2.75) is 32.4 Å². The fourth-order valence-electron chi connectivity index (χ4n) is 4.03. The highest BCUT2D eigenvalue weighted by Crippen LogP contribution is 2.30. The summed E-state index contributed by atoms with van der Waals surface area (Å²) >= 11 is 6.10. The highest BCUT2D eigenvalue weighted by Gasteiger charge is 2.28. The SMILES string of the molecule is COc1c(F)cc(CN2CCC(C(C)N3CCOCC3)CC2)cc1Cl. The number of likely N-dealkylation sites (tertiary alicyclic amines) is 1. The summed E-state index contributed by atoms with van der Waals surface area (Å²) in [6.07, 6.45) is 2.37. The number of benzene rings is 1. The summed E-state index contributed by atoms with van der Waals surface area (Å²) in [5.41, 5.74) is 0.906. The second kappa shape index (κ2) is 8.67. The molecule has 1 aromatic carbocycles. The Morgan fingerprint density at radius 2 is 1.92 bits per heavy atom. The Morgan fingerprint density at radius 3 is 2.52 bits per heavy atom. The van der Waals surface area contributed by atoms with Crippen LogP contribution in [0.3, 0.4) is 0 Å². The van der Waals surface area contributed by atoms with E-state index in [1.54, 1.807) is 0 Å². The van der Waals surface area contributed by atoms with Crippen LogP contribution < -0.4 is 4.74 Å². The van der Waals surface area contributed by atoms with Crippen molar-refractivity contribution in [3.8, 4) is 5.75 Å². The van der Waals surface area contributed by atoms with E-state index in [1.807, 2.05) is 6.07 Å². The lowest BCUT2D eigenvalue weighted by atomic mass is 9.89. The van der Waals surface area contributed by atoms with Crippen molar-refractivity contribution in [1.29, 1.82) is 0 Å². The van der Waals surface area contributed by atoms with Gasteiger partial charge in [0, 0.05) is 25.7 Å². The average Bonchev–Trinajstić information content (AvgIpc) is 2.62. The number of morpholine rings is 1. The minimum Gasteiger partial charge on any atom is -0.492 e. The lowest BCUT2D eigenvalue weighted by Crippen LogP contribution is -2.48. The Hall–Kier alpha value is -0.880. The van der Waals surface area contributed by atoms with Crippen molar-refractivity contribution >= 4 is 11.6 Å². The summed E-state index contributed by atoms with van der Waals surface area (Å²) in [6, 6.07) is 3.96. The van der Waals surface area contributed by atoms with E-state index in [4.69, 9.17) is 21.1 Å². The molecule has 2 aliphatic heterocycles. The lowest BCUT2D eigenvalue weighted by molar-refractivity contribution is -0.00192. The van der Waals surface area contributed by atoms with Crippen LogP contribution in [0.5, 0.6) is 5.75 Å². The highest BCUT2D eigenvalue weighted by atomic mass is 35.5. The Bertz CT molecular complexity index is 550. The zero-order chi connectivity index (χ0) is 17.8. The van der Waals surface area contributed by atoms with Crippen LogP contribution in [0.15, 0.2) is 12.1 Å². The maximum atomic E-state index is 14.0. The average molecular weight is 371 g/mol. The Kier molecular flexibility index (Phi) is 6.55. The van der Waals surface area contributed by atoms with Crippen molar-refractivity contribution in [2.75, 3.05) is 46.5 Å². The Morgan fingerprint density at radius 1 is 1.24 bits per heavy atom. The van der Waals surface area contributed by atoms with Gasteiger partial charge < -0.3 is 9.47 Å². The van der Waals surface area contributed by atoms with E-state index < -0.39 is 0 Å². The molecular weight excluding hydrogens is 343 g/mol. The van der Waals surface area contributed by atoms with E-state index in [9.17, 15) is 4.39 Å². The first-order valence-corrected chi connectivity index (χ1v) is 9.52. The Labute approximate surface area is 154 Å². The number of methoxy groups -OCH3 is 1. The Balaban J connectivity index is 1.52. The molecule has 0 saturated carbocycles. The van der Waals surface area contributed by atoms with Gasteiger partial charge in [-0.2, -0.15) is 0 Å². The van der Waals surface area contributed by atoms with Gasteiger partial charge in [-0.3, -0.25) is 9.80 Å². The molecule has 0 aliphatic carbocycles. The number of piperidine rings is 1. The van der Waals surface area contributed by atoms with E-state index in [2.05, 4.69) is 16.7 Å². The van der Waals surface area contributed by atoms with E-state index in [1.165, 1.54) is 26.0 Å². The highest BCUT2D eigenvalue weighted by molar-refractivity contribution is 6.32. The summed E-state index contributed by atoms with van der Waals surface area (Å²) in [5.74, 6) is 0.467. The fourth-order valence-corrected chi connectivity index (χ4v) is 4.34. The molecule has 140 valence electrons. The standard InChI is InChI=1S/C19H28ClFN2O2/c1-14(23-7-9-25-10-8-23)16-3-5-22(6-4-16)13-15-11-17(20)19(24-2)18(21)12-15/h11-12,14,16H,3-10,13H2,1-2H3. The molecule has 0 amide bonds. The summed E-state index contributed by atoms with van der Waals surface area (Å²) in [7, 11) is 1.43. The predicted octanol–water partition coefficient (Wildman–Crippen LogP) is 3.42. The zero-order valence-electron chi connectivity index (χ0n) is 15.1. The van der Waals surface area contributed by atoms with Gasteiger partial charge in [0.2, 0.25) is 0 Å². The molecule has 2 saturated heterocycles.